The van der Waals surface area contributed by atoms with Crippen molar-refractivity contribution in [2.75, 3.05) is 6.61 Å². The van der Waals surface area contributed by atoms with Gasteiger partial charge in [0.2, 0.25) is 10.0 Å². The number of aromatic nitrogens is 2. The molecule has 0 aliphatic heterocycles. The quantitative estimate of drug-likeness (QED) is 0.813. The SMILES string of the molecule is O=S(=O)(NCc1ccccc1F)c1cnn(CCO)c1. The van der Waals surface area contributed by atoms with E-state index in [0.29, 0.717) is 0 Å². The number of rotatable bonds is 6. The van der Waals surface area contributed by atoms with Crippen LogP contribution in [0.5, 0.6) is 0 Å². The maximum absolute atomic E-state index is 13.4. The molecule has 0 spiro atoms. The van der Waals surface area contributed by atoms with Crippen LogP contribution in [-0.2, 0) is 23.1 Å². The highest BCUT2D eigenvalue weighted by molar-refractivity contribution is 7.89. The van der Waals surface area contributed by atoms with Gasteiger partial charge in [-0.05, 0) is 6.07 Å². The summed E-state index contributed by atoms with van der Waals surface area (Å²) in [6.45, 7) is -0.0627. The number of sulfonamides is 1. The minimum Gasteiger partial charge on any atom is -0.394 e. The molecule has 0 radical (unpaired) electrons. The number of halogens is 1. The molecule has 108 valence electrons. The van der Waals surface area contributed by atoms with Crippen LogP contribution in [0.25, 0.3) is 0 Å². The lowest BCUT2D eigenvalue weighted by Crippen LogP contribution is -2.23. The molecule has 1 aromatic carbocycles. The van der Waals surface area contributed by atoms with E-state index < -0.39 is 15.8 Å². The standard InChI is InChI=1S/C12H14FN3O3S/c13-12-4-2-1-3-10(12)7-15-20(18,19)11-8-14-16(9-11)5-6-17/h1-4,8-9,15,17H,5-7H2. The largest absolute Gasteiger partial charge is 0.394 e. The molecule has 6 nitrogen and oxygen atoms in total. The lowest BCUT2D eigenvalue weighted by molar-refractivity contribution is 0.269. The number of aliphatic hydroxyl groups is 1. The summed E-state index contributed by atoms with van der Waals surface area (Å²) >= 11 is 0. The van der Waals surface area contributed by atoms with Crippen molar-refractivity contribution in [2.24, 2.45) is 0 Å². The van der Waals surface area contributed by atoms with E-state index in [4.69, 9.17) is 5.11 Å². The number of nitrogens with one attached hydrogen (secondary N) is 1. The molecular weight excluding hydrogens is 285 g/mol. The predicted molar refractivity (Wildman–Crippen MR) is 69.7 cm³/mol. The topological polar surface area (TPSA) is 84.2 Å². The molecule has 2 N–H and O–H groups in total. The summed E-state index contributed by atoms with van der Waals surface area (Å²) in [6, 6.07) is 5.94. The first-order valence-electron chi connectivity index (χ1n) is 5.89. The second kappa shape index (κ2) is 6.12. The van der Waals surface area contributed by atoms with Crippen molar-refractivity contribution in [1.29, 1.82) is 0 Å². The molecule has 8 heteroatoms. The Morgan fingerprint density at radius 3 is 2.80 bits per heavy atom. The summed E-state index contributed by atoms with van der Waals surface area (Å²) in [6.07, 6.45) is 2.49. The Labute approximate surface area is 115 Å². The van der Waals surface area contributed by atoms with Crippen LogP contribution >= 0.6 is 0 Å². The van der Waals surface area contributed by atoms with Crippen LogP contribution in [0.1, 0.15) is 5.56 Å². The Kier molecular flexibility index (Phi) is 4.48. The molecule has 20 heavy (non-hydrogen) atoms. The molecule has 1 heterocycles. The number of nitrogens with zero attached hydrogens (tertiary/aromatic N) is 2. The first-order chi connectivity index (χ1) is 9.53. The van der Waals surface area contributed by atoms with Crippen molar-refractivity contribution >= 4 is 10.0 Å². The van der Waals surface area contributed by atoms with Gasteiger partial charge in [-0.3, -0.25) is 4.68 Å². The second-order valence-electron chi connectivity index (χ2n) is 4.08. The Morgan fingerprint density at radius 2 is 2.10 bits per heavy atom. The minimum absolute atomic E-state index is 0.0257. The first-order valence-corrected chi connectivity index (χ1v) is 7.37. The van der Waals surface area contributed by atoms with Gasteiger partial charge in [0, 0.05) is 18.3 Å². The third kappa shape index (κ3) is 3.41. The van der Waals surface area contributed by atoms with Gasteiger partial charge in [0.1, 0.15) is 10.7 Å². The molecule has 0 saturated carbocycles. The van der Waals surface area contributed by atoms with Crippen molar-refractivity contribution in [1.82, 2.24) is 14.5 Å². The van der Waals surface area contributed by atoms with Gasteiger partial charge in [-0.15, -0.1) is 0 Å². The van der Waals surface area contributed by atoms with Crippen LogP contribution in [-0.4, -0.2) is 29.9 Å². The van der Waals surface area contributed by atoms with Crippen molar-refractivity contribution in [3.05, 3.63) is 48.0 Å². The van der Waals surface area contributed by atoms with Crippen LogP contribution in [0.15, 0.2) is 41.6 Å². The van der Waals surface area contributed by atoms with E-state index in [1.807, 2.05) is 0 Å². The average Bonchev–Trinajstić information content (AvgIpc) is 2.88. The molecular formula is C12H14FN3O3S. The van der Waals surface area contributed by atoms with Gasteiger partial charge in [-0.1, -0.05) is 18.2 Å². The van der Waals surface area contributed by atoms with E-state index in [2.05, 4.69) is 9.82 Å². The fourth-order valence-electron chi connectivity index (χ4n) is 1.61. The van der Waals surface area contributed by atoms with Crippen LogP contribution < -0.4 is 4.72 Å². The van der Waals surface area contributed by atoms with Gasteiger partial charge < -0.3 is 5.11 Å². The molecule has 0 unspecified atom stereocenters. The Hall–Kier alpha value is -1.77. The van der Waals surface area contributed by atoms with Crippen molar-refractivity contribution in [2.45, 2.75) is 18.0 Å². The van der Waals surface area contributed by atoms with Crippen LogP contribution in [0.3, 0.4) is 0 Å². The highest BCUT2D eigenvalue weighted by atomic mass is 32.2. The van der Waals surface area contributed by atoms with E-state index in [1.54, 1.807) is 6.07 Å². The highest BCUT2D eigenvalue weighted by Crippen LogP contribution is 2.10. The zero-order valence-corrected chi connectivity index (χ0v) is 11.3. The van der Waals surface area contributed by atoms with Crippen molar-refractivity contribution < 1.29 is 17.9 Å². The predicted octanol–water partition coefficient (Wildman–Crippen LogP) is 0.493. The summed E-state index contributed by atoms with van der Waals surface area (Å²) in [5.41, 5.74) is 0.263. The zero-order valence-electron chi connectivity index (χ0n) is 10.5. The maximum atomic E-state index is 13.4. The molecule has 0 aliphatic rings. The molecule has 0 aliphatic carbocycles. The van der Waals surface area contributed by atoms with Gasteiger partial charge in [0.15, 0.2) is 0 Å². The van der Waals surface area contributed by atoms with E-state index in [1.165, 1.54) is 35.3 Å². The minimum atomic E-state index is -3.75. The normalized spacial score (nSPS) is 11.7. The Bertz CT molecular complexity index is 685. The lowest BCUT2D eigenvalue weighted by atomic mass is 10.2. The van der Waals surface area contributed by atoms with E-state index in [-0.39, 0.29) is 30.2 Å². The average molecular weight is 299 g/mol. The third-order valence-corrected chi connectivity index (χ3v) is 4.02. The molecule has 0 atom stereocenters. The van der Waals surface area contributed by atoms with Crippen LogP contribution in [0.4, 0.5) is 4.39 Å². The summed E-state index contributed by atoms with van der Waals surface area (Å²) in [7, 11) is -3.75. The molecule has 1 aromatic heterocycles. The second-order valence-corrected chi connectivity index (χ2v) is 5.85. The molecule has 0 amide bonds. The first kappa shape index (κ1) is 14.6. The zero-order chi connectivity index (χ0) is 14.6. The molecule has 2 rings (SSSR count). The molecule has 0 bridgehead atoms. The third-order valence-electron chi connectivity index (χ3n) is 2.66. The number of hydrogen-bond acceptors (Lipinski definition) is 4. The fourth-order valence-corrected chi connectivity index (χ4v) is 2.56. The van der Waals surface area contributed by atoms with Gasteiger partial charge in [0.05, 0.1) is 19.3 Å². The summed E-state index contributed by atoms with van der Waals surface area (Å²) in [5, 5.41) is 12.6. The van der Waals surface area contributed by atoms with E-state index >= 15 is 0 Å². The number of hydrogen-bond donors (Lipinski definition) is 2. The summed E-state index contributed by atoms with van der Waals surface area (Å²) < 4.78 is 41.0. The number of aliphatic hydroxyl groups excluding tert-OH is 1. The monoisotopic (exact) mass is 299 g/mol. The van der Waals surface area contributed by atoms with Gasteiger partial charge in [0.25, 0.3) is 0 Å². The van der Waals surface area contributed by atoms with Crippen molar-refractivity contribution in [3.63, 3.8) is 0 Å². The lowest BCUT2D eigenvalue weighted by Gasteiger charge is -2.05. The van der Waals surface area contributed by atoms with E-state index in [9.17, 15) is 12.8 Å². The van der Waals surface area contributed by atoms with Crippen LogP contribution in [0, 0.1) is 5.82 Å². The smallest absolute Gasteiger partial charge is 0.243 e. The summed E-state index contributed by atoms with van der Waals surface area (Å²) in [4.78, 5) is -0.0257. The molecule has 2 aromatic rings. The Balaban J connectivity index is 2.09. The maximum Gasteiger partial charge on any atom is 0.243 e. The fraction of sp³-hybridized carbons (Fsp3) is 0.250. The van der Waals surface area contributed by atoms with Gasteiger partial charge in [-0.25, -0.2) is 17.5 Å². The Morgan fingerprint density at radius 1 is 1.35 bits per heavy atom. The van der Waals surface area contributed by atoms with Gasteiger partial charge in [-0.2, -0.15) is 5.10 Å². The van der Waals surface area contributed by atoms with Gasteiger partial charge >= 0.3 is 0 Å². The summed E-state index contributed by atoms with van der Waals surface area (Å²) in [5.74, 6) is -0.467. The highest BCUT2D eigenvalue weighted by Gasteiger charge is 2.16. The molecule has 0 fully saturated rings. The number of benzene rings is 1. The molecule has 0 saturated heterocycles. The van der Waals surface area contributed by atoms with E-state index in [0.717, 1.165) is 0 Å². The van der Waals surface area contributed by atoms with Crippen molar-refractivity contribution in [3.8, 4) is 0 Å². The van der Waals surface area contributed by atoms with Crippen LogP contribution in [0.2, 0.25) is 0 Å².